The quantitative estimate of drug-likeness (QED) is 0.890. The van der Waals surface area contributed by atoms with Crippen LogP contribution in [-0.2, 0) is 4.79 Å². The number of hydrogen-bond acceptors (Lipinski definition) is 3. The number of nitrogens with zero attached hydrogens (tertiary/aromatic N) is 2. The Bertz CT molecular complexity index is 407. The molecule has 2 N–H and O–H groups in total. The minimum atomic E-state index is 0.0641. The standard InChI is InChI=1S/C15H23N3O/c1-13(14-6-3-2-4-7-14)17-8-5-9-18(11-10-17)15(19)12-16/h2-4,6-7,13H,5,8-12,16H2,1H3. The van der Waals surface area contributed by atoms with Crippen LogP contribution in [0.4, 0.5) is 0 Å². The van der Waals surface area contributed by atoms with Gasteiger partial charge in [-0.1, -0.05) is 30.3 Å². The largest absolute Gasteiger partial charge is 0.340 e. The van der Waals surface area contributed by atoms with Crippen molar-refractivity contribution in [3.8, 4) is 0 Å². The predicted molar refractivity (Wildman–Crippen MR) is 76.7 cm³/mol. The topological polar surface area (TPSA) is 49.6 Å². The van der Waals surface area contributed by atoms with Gasteiger partial charge in [0.1, 0.15) is 0 Å². The van der Waals surface area contributed by atoms with Crippen LogP contribution < -0.4 is 5.73 Å². The molecular weight excluding hydrogens is 238 g/mol. The van der Waals surface area contributed by atoms with E-state index in [9.17, 15) is 4.79 Å². The van der Waals surface area contributed by atoms with Crippen LogP contribution in [0.25, 0.3) is 0 Å². The van der Waals surface area contributed by atoms with E-state index < -0.39 is 0 Å². The molecule has 4 nitrogen and oxygen atoms in total. The van der Waals surface area contributed by atoms with Gasteiger partial charge in [-0.3, -0.25) is 9.69 Å². The zero-order valence-electron chi connectivity index (χ0n) is 11.6. The van der Waals surface area contributed by atoms with E-state index in [1.54, 1.807) is 0 Å². The van der Waals surface area contributed by atoms with E-state index in [0.717, 1.165) is 32.6 Å². The molecule has 1 aliphatic heterocycles. The number of amides is 1. The molecule has 1 atom stereocenters. The summed E-state index contributed by atoms with van der Waals surface area (Å²) in [7, 11) is 0. The zero-order valence-corrected chi connectivity index (χ0v) is 11.6. The Morgan fingerprint density at radius 2 is 1.95 bits per heavy atom. The highest BCUT2D eigenvalue weighted by Crippen LogP contribution is 2.21. The average Bonchev–Trinajstić information content (AvgIpc) is 2.72. The minimum absolute atomic E-state index is 0.0641. The van der Waals surface area contributed by atoms with E-state index in [-0.39, 0.29) is 12.5 Å². The molecule has 0 aliphatic carbocycles. The van der Waals surface area contributed by atoms with Crippen LogP contribution in [0.15, 0.2) is 30.3 Å². The van der Waals surface area contributed by atoms with Crippen LogP contribution in [0.5, 0.6) is 0 Å². The Kier molecular flexibility index (Phi) is 4.93. The number of nitrogens with two attached hydrogens (primary N) is 1. The van der Waals surface area contributed by atoms with E-state index in [1.807, 2.05) is 11.0 Å². The Labute approximate surface area is 115 Å². The molecule has 1 unspecified atom stereocenters. The number of carbonyl (C=O) groups excluding carboxylic acids is 1. The molecule has 1 amide bonds. The van der Waals surface area contributed by atoms with Crippen molar-refractivity contribution in [2.75, 3.05) is 32.7 Å². The zero-order chi connectivity index (χ0) is 13.7. The van der Waals surface area contributed by atoms with Gasteiger partial charge in [-0.2, -0.15) is 0 Å². The maximum absolute atomic E-state index is 11.6. The lowest BCUT2D eigenvalue weighted by Gasteiger charge is -2.28. The van der Waals surface area contributed by atoms with Gasteiger partial charge < -0.3 is 10.6 Å². The molecular formula is C15H23N3O. The highest BCUT2D eigenvalue weighted by atomic mass is 16.2. The summed E-state index contributed by atoms with van der Waals surface area (Å²) < 4.78 is 0. The summed E-state index contributed by atoms with van der Waals surface area (Å²) in [6.07, 6.45) is 1.02. The van der Waals surface area contributed by atoms with E-state index in [4.69, 9.17) is 5.73 Å². The SMILES string of the molecule is CC(c1ccccc1)N1CCCN(C(=O)CN)CC1. The molecule has 0 aromatic heterocycles. The third kappa shape index (κ3) is 3.55. The average molecular weight is 261 g/mol. The third-order valence-electron chi connectivity index (χ3n) is 3.89. The molecule has 0 saturated carbocycles. The van der Waals surface area contributed by atoms with Crippen molar-refractivity contribution in [2.45, 2.75) is 19.4 Å². The maximum Gasteiger partial charge on any atom is 0.236 e. The van der Waals surface area contributed by atoms with Gasteiger partial charge in [-0.05, 0) is 18.9 Å². The Morgan fingerprint density at radius 1 is 1.21 bits per heavy atom. The highest BCUT2D eigenvalue weighted by molar-refractivity contribution is 5.78. The van der Waals surface area contributed by atoms with Gasteiger partial charge in [-0.15, -0.1) is 0 Å². The van der Waals surface area contributed by atoms with Crippen molar-refractivity contribution in [3.63, 3.8) is 0 Å². The van der Waals surface area contributed by atoms with Crippen LogP contribution in [0.3, 0.4) is 0 Å². The van der Waals surface area contributed by atoms with E-state index in [2.05, 4.69) is 36.1 Å². The molecule has 0 radical (unpaired) electrons. The molecule has 104 valence electrons. The van der Waals surface area contributed by atoms with Gasteiger partial charge in [-0.25, -0.2) is 0 Å². The molecule has 1 aromatic carbocycles. The number of benzene rings is 1. The maximum atomic E-state index is 11.6. The molecule has 4 heteroatoms. The van der Waals surface area contributed by atoms with E-state index in [1.165, 1.54) is 5.56 Å². The first-order chi connectivity index (χ1) is 9.22. The molecule has 19 heavy (non-hydrogen) atoms. The first-order valence-corrected chi connectivity index (χ1v) is 6.99. The van der Waals surface area contributed by atoms with Gasteiger partial charge in [0.2, 0.25) is 5.91 Å². The third-order valence-corrected chi connectivity index (χ3v) is 3.89. The smallest absolute Gasteiger partial charge is 0.236 e. The second kappa shape index (κ2) is 6.68. The van der Waals surface area contributed by atoms with Crippen molar-refractivity contribution in [1.29, 1.82) is 0 Å². The molecule has 1 aromatic rings. The van der Waals surface area contributed by atoms with E-state index >= 15 is 0 Å². The summed E-state index contributed by atoms with van der Waals surface area (Å²) >= 11 is 0. The molecule has 1 heterocycles. The van der Waals surface area contributed by atoms with Gasteiger partial charge in [0.25, 0.3) is 0 Å². The fraction of sp³-hybridized carbons (Fsp3) is 0.533. The normalized spacial score (nSPS) is 18.9. The summed E-state index contributed by atoms with van der Waals surface area (Å²) in [5, 5.41) is 0. The van der Waals surface area contributed by atoms with E-state index in [0.29, 0.717) is 6.04 Å². The molecule has 2 rings (SSSR count). The molecule has 1 fully saturated rings. The Morgan fingerprint density at radius 3 is 2.63 bits per heavy atom. The molecule has 1 aliphatic rings. The summed E-state index contributed by atoms with van der Waals surface area (Å²) in [4.78, 5) is 16.0. The first-order valence-electron chi connectivity index (χ1n) is 6.99. The van der Waals surface area contributed by atoms with Gasteiger partial charge in [0.05, 0.1) is 6.54 Å². The fourth-order valence-electron chi connectivity index (χ4n) is 2.65. The number of hydrogen-bond donors (Lipinski definition) is 1. The predicted octanol–water partition coefficient (Wildman–Crippen LogP) is 1.24. The van der Waals surface area contributed by atoms with Crippen LogP contribution in [0, 0.1) is 0 Å². The second-order valence-corrected chi connectivity index (χ2v) is 5.06. The lowest BCUT2D eigenvalue weighted by Crippen LogP contribution is -2.39. The van der Waals surface area contributed by atoms with Gasteiger partial charge in [0, 0.05) is 32.2 Å². The summed E-state index contributed by atoms with van der Waals surface area (Å²) in [5.74, 6) is 0.0641. The molecule has 0 spiro atoms. The Balaban J connectivity index is 1.97. The number of rotatable bonds is 3. The van der Waals surface area contributed by atoms with Crippen molar-refractivity contribution in [2.24, 2.45) is 5.73 Å². The summed E-state index contributed by atoms with van der Waals surface area (Å²) in [5.41, 5.74) is 6.77. The lowest BCUT2D eigenvalue weighted by atomic mass is 10.1. The van der Waals surface area contributed by atoms with Crippen molar-refractivity contribution < 1.29 is 4.79 Å². The van der Waals surface area contributed by atoms with Crippen LogP contribution in [0.2, 0.25) is 0 Å². The van der Waals surface area contributed by atoms with Crippen LogP contribution >= 0.6 is 0 Å². The lowest BCUT2D eigenvalue weighted by molar-refractivity contribution is -0.129. The van der Waals surface area contributed by atoms with Gasteiger partial charge >= 0.3 is 0 Å². The van der Waals surface area contributed by atoms with Crippen molar-refractivity contribution in [1.82, 2.24) is 9.80 Å². The summed E-state index contributed by atoms with van der Waals surface area (Å²) in [6.45, 7) is 5.91. The first kappa shape index (κ1) is 14.0. The van der Waals surface area contributed by atoms with Crippen LogP contribution in [-0.4, -0.2) is 48.4 Å². The second-order valence-electron chi connectivity index (χ2n) is 5.06. The summed E-state index contributed by atoms with van der Waals surface area (Å²) in [6, 6.07) is 10.9. The van der Waals surface area contributed by atoms with Crippen LogP contribution in [0.1, 0.15) is 24.9 Å². The fourth-order valence-corrected chi connectivity index (χ4v) is 2.65. The highest BCUT2D eigenvalue weighted by Gasteiger charge is 2.21. The van der Waals surface area contributed by atoms with Crippen molar-refractivity contribution >= 4 is 5.91 Å². The van der Waals surface area contributed by atoms with Crippen molar-refractivity contribution in [3.05, 3.63) is 35.9 Å². The molecule has 0 bridgehead atoms. The van der Waals surface area contributed by atoms with Gasteiger partial charge in [0.15, 0.2) is 0 Å². The molecule has 1 saturated heterocycles. The minimum Gasteiger partial charge on any atom is -0.340 e. The monoisotopic (exact) mass is 261 g/mol. The number of carbonyl (C=O) groups is 1. The Hall–Kier alpha value is -1.39.